The number of nitrogens with zero attached hydrogens (tertiary/aromatic N) is 8. The standard InChI is InChI=1S/C22H26N9O2/c1-13(32)29-6-4-14(5-7-29)31-12-26-20-19(17-8-25-18(23)9-24-17)27-22(28-21(20)31)30-10-15-2-3-16(11-30)33-15/h8-9,12,14-16H,2-7,10-11H2,1H3,(H-,23,25,27,28)/q-1. The van der Waals surface area contributed by atoms with Gasteiger partial charge in [-0.3, -0.25) is 9.78 Å². The average Bonchev–Trinajstić information content (AvgIpc) is 3.41. The van der Waals surface area contributed by atoms with Crippen LogP contribution in [0.4, 0.5) is 11.8 Å². The minimum Gasteiger partial charge on any atom is -0.481 e. The van der Waals surface area contributed by atoms with Crippen molar-refractivity contribution in [3.05, 3.63) is 24.5 Å². The van der Waals surface area contributed by atoms with Crippen molar-refractivity contribution < 1.29 is 9.53 Å². The van der Waals surface area contributed by atoms with Crippen LogP contribution in [0.5, 0.6) is 0 Å². The molecule has 2 atom stereocenters. The van der Waals surface area contributed by atoms with Crippen LogP contribution >= 0.6 is 0 Å². The summed E-state index contributed by atoms with van der Waals surface area (Å²) in [4.78, 5) is 38.9. The SMILES string of the molecule is CC(=O)N1CCC(n2cnc3c(-c4cnc([NH-])cn4)nc(N4CC5CCC(C4)O5)nc32)CC1. The number of imidazole rings is 1. The Morgan fingerprint density at radius 1 is 1.03 bits per heavy atom. The van der Waals surface area contributed by atoms with Gasteiger partial charge in [0.25, 0.3) is 0 Å². The molecule has 172 valence electrons. The van der Waals surface area contributed by atoms with Crippen molar-refractivity contribution in [2.75, 3.05) is 31.1 Å². The van der Waals surface area contributed by atoms with Crippen LogP contribution in [-0.4, -0.2) is 78.7 Å². The Kier molecular flexibility index (Phi) is 4.86. The number of morpholine rings is 1. The summed E-state index contributed by atoms with van der Waals surface area (Å²) in [7, 11) is 0. The molecule has 11 heteroatoms. The number of carbonyl (C=O) groups is 1. The Morgan fingerprint density at radius 3 is 2.45 bits per heavy atom. The normalized spacial score (nSPS) is 23.4. The number of piperidine rings is 1. The first-order valence-electron chi connectivity index (χ1n) is 11.5. The zero-order valence-corrected chi connectivity index (χ0v) is 18.5. The molecule has 3 aromatic heterocycles. The van der Waals surface area contributed by atoms with Crippen molar-refractivity contribution in [2.45, 2.75) is 50.9 Å². The molecule has 3 aliphatic rings. The third kappa shape index (κ3) is 3.65. The van der Waals surface area contributed by atoms with Gasteiger partial charge in [-0.2, -0.15) is 4.98 Å². The van der Waals surface area contributed by atoms with Gasteiger partial charge in [0.1, 0.15) is 11.2 Å². The van der Waals surface area contributed by atoms with Crippen molar-refractivity contribution in [1.82, 2.24) is 34.4 Å². The molecule has 2 bridgehead atoms. The molecule has 6 rings (SSSR count). The molecule has 0 spiro atoms. The van der Waals surface area contributed by atoms with E-state index in [4.69, 9.17) is 20.4 Å². The van der Waals surface area contributed by atoms with Crippen LogP contribution < -0.4 is 4.90 Å². The molecule has 6 heterocycles. The van der Waals surface area contributed by atoms with Crippen LogP contribution in [0.15, 0.2) is 18.7 Å². The highest BCUT2D eigenvalue weighted by Crippen LogP contribution is 2.33. The Labute approximate surface area is 191 Å². The molecular weight excluding hydrogens is 422 g/mol. The van der Waals surface area contributed by atoms with Gasteiger partial charge in [0.2, 0.25) is 11.9 Å². The van der Waals surface area contributed by atoms with E-state index in [1.54, 1.807) is 13.1 Å². The zero-order chi connectivity index (χ0) is 22.5. The summed E-state index contributed by atoms with van der Waals surface area (Å²) in [5, 5.41) is 0. The lowest BCUT2D eigenvalue weighted by Crippen LogP contribution is -2.43. The van der Waals surface area contributed by atoms with E-state index in [-0.39, 0.29) is 30.0 Å². The van der Waals surface area contributed by atoms with Gasteiger partial charge < -0.3 is 29.8 Å². The van der Waals surface area contributed by atoms with Crippen molar-refractivity contribution in [1.29, 1.82) is 0 Å². The van der Waals surface area contributed by atoms with Crippen LogP contribution in [-0.2, 0) is 9.53 Å². The number of hydrogen-bond donors (Lipinski definition) is 0. The quantitative estimate of drug-likeness (QED) is 0.598. The van der Waals surface area contributed by atoms with Gasteiger partial charge in [-0.1, -0.05) is 6.20 Å². The van der Waals surface area contributed by atoms with Crippen molar-refractivity contribution in [2.24, 2.45) is 0 Å². The number of fused-ring (bicyclic) bond motifs is 3. The first kappa shape index (κ1) is 20.3. The van der Waals surface area contributed by atoms with Crippen molar-refractivity contribution in [3.63, 3.8) is 0 Å². The molecule has 11 nitrogen and oxygen atoms in total. The van der Waals surface area contributed by atoms with Crippen LogP contribution in [0.2, 0.25) is 0 Å². The number of likely N-dealkylation sites (tertiary alicyclic amines) is 1. The van der Waals surface area contributed by atoms with Gasteiger partial charge in [0.05, 0.1) is 24.2 Å². The topological polar surface area (TPSA) is 126 Å². The highest BCUT2D eigenvalue weighted by Gasteiger charge is 2.35. The van der Waals surface area contributed by atoms with Gasteiger partial charge in [-0.15, -0.1) is 0 Å². The molecule has 3 aromatic rings. The number of carbonyl (C=O) groups excluding carboxylic acids is 1. The van der Waals surface area contributed by atoms with Crippen LogP contribution in [0.25, 0.3) is 28.3 Å². The van der Waals surface area contributed by atoms with E-state index in [2.05, 4.69) is 24.4 Å². The fourth-order valence-electron chi connectivity index (χ4n) is 5.18. The maximum absolute atomic E-state index is 11.8. The average molecular weight is 449 g/mol. The molecule has 3 fully saturated rings. The predicted molar refractivity (Wildman–Crippen MR) is 121 cm³/mol. The minimum absolute atomic E-state index is 0.108. The van der Waals surface area contributed by atoms with E-state index in [0.29, 0.717) is 22.9 Å². The Morgan fingerprint density at radius 2 is 1.79 bits per heavy atom. The zero-order valence-electron chi connectivity index (χ0n) is 18.5. The first-order valence-corrected chi connectivity index (χ1v) is 11.5. The largest absolute Gasteiger partial charge is 0.481 e. The third-order valence-corrected chi connectivity index (χ3v) is 6.93. The Balaban J connectivity index is 1.42. The first-order chi connectivity index (χ1) is 16.0. The van der Waals surface area contributed by atoms with E-state index < -0.39 is 0 Å². The molecule has 0 aliphatic carbocycles. The van der Waals surface area contributed by atoms with Crippen LogP contribution in [0.3, 0.4) is 0 Å². The second kappa shape index (κ2) is 7.91. The van der Waals surface area contributed by atoms with Crippen molar-refractivity contribution in [3.8, 4) is 11.4 Å². The van der Waals surface area contributed by atoms with Gasteiger partial charge in [0.15, 0.2) is 5.65 Å². The summed E-state index contributed by atoms with van der Waals surface area (Å²) in [5.74, 6) is 0.878. The monoisotopic (exact) mass is 448 g/mol. The molecule has 0 radical (unpaired) electrons. The summed E-state index contributed by atoms with van der Waals surface area (Å²) >= 11 is 0. The van der Waals surface area contributed by atoms with E-state index in [9.17, 15) is 4.79 Å². The Hall–Kier alpha value is -3.34. The van der Waals surface area contributed by atoms with E-state index in [1.165, 1.54) is 6.20 Å². The Bertz CT molecular complexity index is 1170. The molecule has 3 saturated heterocycles. The number of rotatable bonds is 3. The number of anilines is 1. The predicted octanol–water partition coefficient (Wildman–Crippen LogP) is 2.52. The lowest BCUT2D eigenvalue weighted by molar-refractivity contribution is -0.130. The lowest BCUT2D eigenvalue weighted by Gasteiger charge is -2.33. The summed E-state index contributed by atoms with van der Waals surface area (Å²) < 4.78 is 8.14. The van der Waals surface area contributed by atoms with E-state index in [1.807, 2.05) is 11.2 Å². The summed E-state index contributed by atoms with van der Waals surface area (Å²) in [5.41, 5.74) is 10.3. The molecule has 1 amide bonds. The molecule has 0 aromatic carbocycles. The van der Waals surface area contributed by atoms with Gasteiger partial charge in [-0.25, -0.2) is 9.97 Å². The summed E-state index contributed by atoms with van der Waals surface area (Å²) in [6.07, 6.45) is 9.11. The van der Waals surface area contributed by atoms with Crippen LogP contribution in [0.1, 0.15) is 38.6 Å². The highest BCUT2D eigenvalue weighted by molar-refractivity contribution is 5.87. The fraction of sp³-hybridized carbons (Fsp3) is 0.545. The molecular formula is C22H26N9O2-. The number of aromatic nitrogens is 6. The maximum atomic E-state index is 11.8. The second-order valence-corrected chi connectivity index (χ2v) is 9.08. The number of nitrogens with one attached hydrogen (secondary N) is 1. The fourth-order valence-corrected chi connectivity index (χ4v) is 5.18. The maximum Gasteiger partial charge on any atom is 0.228 e. The molecule has 33 heavy (non-hydrogen) atoms. The second-order valence-electron chi connectivity index (χ2n) is 9.08. The van der Waals surface area contributed by atoms with Crippen LogP contribution in [0, 0.1) is 0 Å². The summed E-state index contributed by atoms with van der Waals surface area (Å²) in [6, 6.07) is 0.212. The van der Waals surface area contributed by atoms with Gasteiger partial charge in [-0.05, 0) is 31.5 Å². The minimum atomic E-state index is 0.108. The molecule has 1 N–H and O–H groups in total. The third-order valence-electron chi connectivity index (χ3n) is 6.93. The van der Waals surface area contributed by atoms with Crippen molar-refractivity contribution >= 4 is 28.8 Å². The summed E-state index contributed by atoms with van der Waals surface area (Å²) in [6.45, 7) is 4.62. The van der Waals surface area contributed by atoms with E-state index >= 15 is 0 Å². The van der Waals surface area contributed by atoms with Gasteiger partial charge in [0, 0.05) is 45.3 Å². The number of hydrogen-bond acceptors (Lipinski definition) is 8. The van der Waals surface area contributed by atoms with E-state index in [0.717, 1.165) is 57.5 Å². The lowest BCUT2D eigenvalue weighted by atomic mass is 10.0. The van der Waals surface area contributed by atoms with Gasteiger partial charge >= 0.3 is 0 Å². The number of amides is 1. The highest BCUT2D eigenvalue weighted by atomic mass is 16.5. The molecule has 0 saturated carbocycles. The smallest absolute Gasteiger partial charge is 0.228 e. The molecule has 3 aliphatic heterocycles. The number of ether oxygens (including phenoxy) is 1. The molecule has 2 unspecified atom stereocenters.